The van der Waals surface area contributed by atoms with Gasteiger partial charge in [0, 0.05) is 20.8 Å². The summed E-state index contributed by atoms with van der Waals surface area (Å²) >= 11 is 0. The standard InChI is InChI=1S/C6H6.C4H5N.B/c1-2-4-6-5-3-1;1-2-4-5-3-1;/h1-6H;1-5H;. The van der Waals surface area contributed by atoms with Gasteiger partial charge in [-0.1, -0.05) is 36.4 Å². The predicted octanol–water partition coefficient (Wildman–Crippen LogP) is 2.32. The van der Waals surface area contributed by atoms with Crippen LogP contribution in [0.4, 0.5) is 0 Å². The summed E-state index contributed by atoms with van der Waals surface area (Å²) in [5.74, 6) is 0. The lowest BCUT2D eigenvalue weighted by Gasteiger charge is -1.69. The molecule has 0 saturated heterocycles. The van der Waals surface area contributed by atoms with Crippen LogP contribution in [-0.2, 0) is 0 Å². The van der Waals surface area contributed by atoms with Gasteiger partial charge < -0.3 is 4.98 Å². The number of H-pyrrole nitrogens is 1. The molecule has 0 unspecified atom stereocenters. The van der Waals surface area contributed by atoms with Crippen LogP contribution in [0.25, 0.3) is 0 Å². The fourth-order valence-electron chi connectivity index (χ4n) is 0.663. The molecule has 0 aliphatic rings. The summed E-state index contributed by atoms with van der Waals surface area (Å²) in [6.07, 6.45) is 3.75. The van der Waals surface area contributed by atoms with Gasteiger partial charge in [-0.3, -0.25) is 0 Å². The van der Waals surface area contributed by atoms with Gasteiger partial charge in [0.15, 0.2) is 0 Å². The minimum atomic E-state index is 0. The van der Waals surface area contributed by atoms with E-state index in [-0.39, 0.29) is 8.41 Å². The summed E-state index contributed by atoms with van der Waals surface area (Å²) < 4.78 is 0. The maximum absolute atomic E-state index is 2.86. The molecule has 1 aromatic carbocycles. The van der Waals surface area contributed by atoms with Gasteiger partial charge in [-0.05, 0) is 12.1 Å². The number of hydrogen-bond donors (Lipinski definition) is 1. The highest BCUT2D eigenvalue weighted by atomic mass is 14.6. The third kappa shape index (κ3) is 5.36. The number of aromatic nitrogens is 1. The van der Waals surface area contributed by atoms with Crippen molar-refractivity contribution in [2.75, 3.05) is 0 Å². The van der Waals surface area contributed by atoms with E-state index in [1.165, 1.54) is 0 Å². The monoisotopic (exact) mass is 156 g/mol. The Kier molecular flexibility index (Phi) is 6.75. The first-order valence-corrected chi connectivity index (χ1v) is 3.58. The quantitative estimate of drug-likeness (QED) is 0.563. The second-order valence-corrected chi connectivity index (χ2v) is 2.04. The van der Waals surface area contributed by atoms with Crippen molar-refractivity contribution >= 4 is 8.41 Å². The predicted molar refractivity (Wildman–Crippen MR) is 53.0 cm³/mol. The summed E-state index contributed by atoms with van der Waals surface area (Å²) in [6.45, 7) is 0. The fourth-order valence-corrected chi connectivity index (χ4v) is 0.663. The largest absolute Gasteiger partial charge is 0.368 e. The Hall–Kier alpha value is -1.44. The van der Waals surface area contributed by atoms with E-state index in [9.17, 15) is 0 Å². The first-order valence-electron chi connectivity index (χ1n) is 3.58. The van der Waals surface area contributed by atoms with Gasteiger partial charge in [0.05, 0.1) is 0 Å². The van der Waals surface area contributed by atoms with Crippen LogP contribution in [0.5, 0.6) is 0 Å². The van der Waals surface area contributed by atoms with E-state index in [4.69, 9.17) is 0 Å². The van der Waals surface area contributed by atoms with Crippen LogP contribution in [0.15, 0.2) is 60.9 Å². The maximum atomic E-state index is 2.86. The highest BCUT2D eigenvalue weighted by Gasteiger charge is 1.58. The van der Waals surface area contributed by atoms with Crippen molar-refractivity contribution in [2.45, 2.75) is 0 Å². The van der Waals surface area contributed by atoms with E-state index in [1.807, 2.05) is 60.9 Å². The topological polar surface area (TPSA) is 15.8 Å². The molecule has 2 aromatic rings. The first-order chi connectivity index (χ1) is 5.50. The molecule has 0 aliphatic heterocycles. The van der Waals surface area contributed by atoms with Crippen molar-refractivity contribution in [1.29, 1.82) is 0 Å². The highest BCUT2D eigenvalue weighted by Crippen LogP contribution is 1.79. The Morgan fingerprint density at radius 3 is 1.00 bits per heavy atom. The molecule has 0 amide bonds. The Bertz CT molecular complexity index is 196. The zero-order valence-corrected chi connectivity index (χ0v) is 6.85. The third-order valence-corrected chi connectivity index (χ3v) is 1.16. The van der Waals surface area contributed by atoms with E-state index in [0.717, 1.165) is 0 Å². The number of nitrogens with one attached hydrogen (secondary N) is 1. The summed E-state index contributed by atoms with van der Waals surface area (Å²) in [7, 11) is 0. The Morgan fingerprint density at radius 2 is 0.833 bits per heavy atom. The van der Waals surface area contributed by atoms with E-state index in [1.54, 1.807) is 0 Å². The van der Waals surface area contributed by atoms with Crippen molar-refractivity contribution in [1.82, 2.24) is 4.98 Å². The van der Waals surface area contributed by atoms with Gasteiger partial charge in [0.25, 0.3) is 0 Å². The molecule has 1 aromatic heterocycles. The van der Waals surface area contributed by atoms with Gasteiger partial charge in [-0.25, -0.2) is 0 Å². The van der Waals surface area contributed by atoms with Crippen molar-refractivity contribution in [2.24, 2.45) is 0 Å². The van der Waals surface area contributed by atoms with Crippen LogP contribution in [0.3, 0.4) is 0 Å². The van der Waals surface area contributed by atoms with Crippen molar-refractivity contribution in [3.05, 3.63) is 60.9 Å². The second-order valence-electron chi connectivity index (χ2n) is 2.04. The average Bonchev–Trinajstić information content (AvgIpc) is 2.64. The fraction of sp³-hybridized carbons (Fsp3) is 0. The second kappa shape index (κ2) is 7.67. The van der Waals surface area contributed by atoms with E-state index >= 15 is 0 Å². The molecule has 1 heterocycles. The van der Waals surface area contributed by atoms with Crippen LogP contribution < -0.4 is 0 Å². The smallest absolute Gasteiger partial charge is 0.000496 e. The number of aromatic amines is 1. The number of benzene rings is 1. The molecular formula is C10H11BN. The van der Waals surface area contributed by atoms with Crippen LogP contribution in [0, 0.1) is 0 Å². The van der Waals surface area contributed by atoms with E-state index in [0.29, 0.717) is 0 Å². The molecule has 2 rings (SSSR count). The lowest BCUT2D eigenvalue weighted by atomic mass is 10.4. The summed E-state index contributed by atoms with van der Waals surface area (Å²) in [6, 6.07) is 15.9. The zero-order chi connectivity index (χ0) is 7.78. The molecule has 12 heavy (non-hydrogen) atoms. The van der Waals surface area contributed by atoms with Gasteiger partial charge in [0.1, 0.15) is 0 Å². The highest BCUT2D eigenvalue weighted by molar-refractivity contribution is 5.75. The van der Waals surface area contributed by atoms with Crippen LogP contribution in [0.2, 0.25) is 0 Å². The Labute approximate surface area is 75.0 Å². The van der Waals surface area contributed by atoms with Crippen LogP contribution >= 0.6 is 0 Å². The molecule has 3 radical (unpaired) electrons. The summed E-state index contributed by atoms with van der Waals surface area (Å²) in [5, 5.41) is 0. The molecule has 59 valence electrons. The number of rotatable bonds is 0. The SMILES string of the molecule is [B].c1cc[nH]c1.c1ccccc1. The van der Waals surface area contributed by atoms with Gasteiger partial charge in [-0.15, -0.1) is 0 Å². The molecule has 0 atom stereocenters. The maximum Gasteiger partial charge on any atom is 0.000496 e. The first kappa shape index (κ1) is 10.6. The van der Waals surface area contributed by atoms with Gasteiger partial charge in [-0.2, -0.15) is 0 Å². The Morgan fingerprint density at radius 1 is 0.500 bits per heavy atom. The minimum absolute atomic E-state index is 0. The minimum Gasteiger partial charge on any atom is -0.368 e. The summed E-state index contributed by atoms with van der Waals surface area (Å²) in [5.41, 5.74) is 0. The van der Waals surface area contributed by atoms with Gasteiger partial charge >= 0.3 is 0 Å². The zero-order valence-electron chi connectivity index (χ0n) is 6.85. The normalized spacial score (nSPS) is 7.33. The summed E-state index contributed by atoms with van der Waals surface area (Å²) in [4.78, 5) is 2.86. The van der Waals surface area contributed by atoms with Crippen molar-refractivity contribution < 1.29 is 0 Å². The molecule has 0 fully saturated rings. The number of hydrogen-bond acceptors (Lipinski definition) is 0. The lowest BCUT2D eigenvalue weighted by molar-refractivity contribution is 1.42. The molecule has 0 saturated carbocycles. The molecule has 1 N–H and O–H groups in total. The molecule has 0 spiro atoms. The molecule has 2 heteroatoms. The Balaban J connectivity index is 0.000000189. The van der Waals surface area contributed by atoms with E-state index < -0.39 is 0 Å². The lowest BCUT2D eigenvalue weighted by Crippen LogP contribution is -1.47. The molecular weight excluding hydrogens is 145 g/mol. The van der Waals surface area contributed by atoms with Crippen LogP contribution in [-0.4, -0.2) is 13.4 Å². The molecule has 1 nitrogen and oxygen atoms in total. The average molecular weight is 156 g/mol. The molecule has 0 bridgehead atoms. The van der Waals surface area contributed by atoms with Crippen molar-refractivity contribution in [3.8, 4) is 0 Å². The van der Waals surface area contributed by atoms with Gasteiger partial charge in [0.2, 0.25) is 0 Å². The van der Waals surface area contributed by atoms with E-state index in [2.05, 4.69) is 4.98 Å². The molecule has 0 aliphatic carbocycles. The third-order valence-electron chi connectivity index (χ3n) is 1.16. The van der Waals surface area contributed by atoms with Crippen molar-refractivity contribution in [3.63, 3.8) is 0 Å². The van der Waals surface area contributed by atoms with Crippen LogP contribution in [0.1, 0.15) is 0 Å².